The van der Waals surface area contributed by atoms with Gasteiger partial charge < -0.3 is 20.9 Å². The van der Waals surface area contributed by atoms with E-state index in [1.807, 2.05) is 11.0 Å². The van der Waals surface area contributed by atoms with Crippen LogP contribution in [-0.2, 0) is 11.2 Å². The number of carbonyl (C=O) groups excluding carboxylic acids is 1. The van der Waals surface area contributed by atoms with Crippen LogP contribution in [0, 0.1) is 23.2 Å². The SMILES string of the molecule is N#CC1=CC2CC(CN3CCC(Nc4ncnc5sc(CC(F)(F)F)cc45)CC3)CCC2N1CC(N)=O. The minimum Gasteiger partial charge on any atom is -0.368 e. The highest BCUT2D eigenvalue weighted by Gasteiger charge is 2.40. The fraction of sp³-hybridized carbons (Fsp3) is 0.600. The number of primary amides is 1. The maximum absolute atomic E-state index is 12.8. The van der Waals surface area contributed by atoms with E-state index >= 15 is 0 Å². The van der Waals surface area contributed by atoms with Crippen molar-refractivity contribution in [3.63, 3.8) is 0 Å². The van der Waals surface area contributed by atoms with Crippen molar-refractivity contribution < 1.29 is 18.0 Å². The third-order valence-corrected chi connectivity index (χ3v) is 8.74. The normalized spacial score (nSPS) is 25.1. The number of nitrogens with zero attached hydrogens (tertiary/aromatic N) is 5. The third kappa shape index (κ3) is 5.99. The molecule has 0 bridgehead atoms. The average molecular weight is 534 g/mol. The number of halogens is 3. The number of hydrogen-bond acceptors (Lipinski definition) is 8. The van der Waals surface area contributed by atoms with Crippen LogP contribution >= 0.6 is 11.3 Å². The average Bonchev–Trinajstić information content (AvgIpc) is 3.39. The van der Waals surface area contributed by atoms with Gasteiger partial charge in [-0.15, -0.1) is 11.3 Å². The van der Waals surface area contributed by atoms with Gasteiger partial charge in [0.1, 0.15) is 28.7 Å². The van der Waals surface area contributed by atoms with Crippen LogP contribution in [-0.4, -0.2) is 70.1 Å². The highest BCUT2D eigenvalue weighted by atomic mass is 32.1. The summed E-state index contributed by atoms with van der Waals surface area (Å²) < 4.78 is 38.5. The van der Waals surface area contributed by atoms with E-state index in [0.29, 0.717) is 27.6 Å². The predicted molar refractivity (Wildman–Crippen MR) is 134 cm³/mol. The Balaban J connectivity index is 1.13. The van der Waals surface area contributed by atoms with Gasteiger partial charge in [0, 0.05) is 42.5 Å². The van der Waals surface area contributed by atoms with Gasteiger partial charge in [0.15, 0.2) is 0 Å². The molecular formula is C25H30F3N7OS. The van der Waals surface area contributed by atoms with Crippen LogP contribution in [0.2, 0.25) is 0 Å². The number of allylic oxidation sites excluding steroid dienone is 1. The van der Waals surface area contributed by atoms with E-state index in [-0.39, 0.29) is 29.4 Å². The molecule has 0 aromatic carbocycles. The van der Waals surface area contributed by atoms with Gasteiger partial charge in [-0.1, -0.05) is 0 Å². The van der Waals surface area contributed by atoms with Gasteiger partial charge in [0.2, 0.25) is 5.91 Å². The summed E-state index contributed by atoms with van der Waals surface area (Å²) in [6.07, 6.45) is 3.08. The number of rotatable bonds is 7. The second-order valence-corrected chi connectivity index (χ2v) is 11.4. The van der Waals surface area contributed by atoms with E-state index in [4.69, 9.17) is 5.73 Å². The fourth-order valence-corrected chi connectivity index (χ4v) is 7.11. The Morgan fingerprint density at radius 2 is 2.03 bits per heavy atom. The van der Waals surface area contributed by atoms with Crippen LogP contribution in [0.1, 0.15) is 37.0 Å². The number of nitrogens with one attached hydrogen (secondary N) is 1. The van der Waals surface area contributed by atoms with Crippen LogP contribution in [0.3, 0.4) is 0 Å². The number of piperidine rings is 1. The number of thiophene rings is 1. The summed E-state index contributed by atoms with van der Waals surface area (Å²) >= 11 is 1.06. The van der Waals surface area contributed by atoms with E-state index in [2.05, 4.69) is 26.3 Å². The Labute approximate surface area is 217 Å². The quantitative estimate of drug-likeness (QED) is 0.559. The maximum atomic E-state index is 12.8. The molecule has 37 heavy (non-hydrogen) atoms. The van der Waals surface area contributed by atoms with E-state index in [0.717, 1.165) is 63.1 Å². The summed E-state index contributed by atoms with van der Waals surface area (Å²) in [5, 5.41) is 13.6. The largest absolute Gasteiger partial charge is 0.393 e. The zero-order chi connectivity index (χ0) is 26.2. The fourth-order valence-electron chi connectivity index (χ4n) is 6.08. The summed E-state index contributed by atoms with van der Waals surface area (Å²) in [6.45, 7) is 2.98. The highest BCUT2D eigenvalue weighted by molar-refractivity contribution is 7.18. The molecule has 1 saturated heterocycles. The number of nitrogens with two attached hydrogens (primary N) is 1. The van der Waals surface area contributed by atoms with Gasteiger partial charge in [-0.2, -0.15) is 18.4 Å². The number of alkyl halides is 3. The molecule has 2 aromatic heterocycles. The first-order valence-corrected chi connectivity index (χ1v) is 13.5. The van der Waals surface area contributed by atoms with Gasteiger partial charge in [0.25, 0.3) is 0 Å². The molecule has 12 heteroatoms. The second kappa shape index (κ2) is 10.5. The van der Waals surface area contributed by atoms with Crippen LogP contribution in [0.4, 0.5) is 19.0 Å². The number of likely N-dealkylation sites (tertiary alicyclic amines) is 1. The number of fused-ring (bicyclic) bond motifs is 2. The number of nitriles is 1. The molecule has 1 aliphatic carbocycles. The lowest BCUT2D eigenvalue weighted by molar-refractivity contribution is -0.126. The molecule has 8 nitrogen and oxygen atoms in total. The second-order valence-electron chi connectivity index (χ2n) is 10.3. The highest BCUT2D eigenvalue weighted by Crippen LogP contribution is 2.40. The Hall–Kier alpha value is -2.91. The molecule has 5 rings (SSSR count). The number of amides is 1. The van der Waals surface area contributed by atoms with E-state index < -0.39 is 18.5 Å². The lowest BCUT2D eigenvalue weighted by Crippen LogP contribution is -2.45. The van der Waals surface area contributed by atoms with Crippen molar-refractivity contribution in [2.45, 2.75) is 56.8 Å². The molecule has 198 valence electrons. The van der Waals surface area contributed by atoms with Crippen molar-refractivity contribution >= 4 is 33.3 Å². The standard InChI is InChI=1S/C25H30F3N7OS/c26-25(27,28)10-19-9-20-23(31-14-32-24(20)37-19)33-17-3-5-34(6-4-17)12-15-1-2-21-16(7-15)8-18(11-29)35(21)13-22(30)36/h8-9,14-17,21H,1-7,10,12-13H2,(H2,30,36)(H,31,32,33). The molecule has 3 unspecified atom stereocenters. The van der Waals surface area contributed by atoms with Crippen molar-refractivity contribution in [1.29, 1.82) is 5.26 Å². The smallest absolute Gasteiger partial charge is 0.368 e. The Morgan fingerprint density at radius 1 is 1.24 bits per heavy atom. The Morgan fingerprint density at radius 3 is 2.73 bits per heavy atom. The van der Waals surface area contributed by atoms with Gasteiger partial charge in [-0.05, 0) is 50.2 Å². The first kappa shape index (κ1) is 25.7. The molecular weight excluding hydrogens is 503 g/mol. The first-order chi connectivity index (χ1) is 17.7. The van der Waals surface area contributed by atoms with Gasteiger partial charge in [-0.25, -0.2) is 9.97 Å². The minimum absolute atomic E-state index is 0.0966. The van der Waals surface area contributed by atoms with Crippen molar-refractivity contribution in [2.75, 3.05) is 31.5 Å². The van der Waals surface area contributed by atoms with Crippen LogP contribution in [0.5, 0.6) is 0 Å². The molecule has 2 aromatic rings. The summed E-state index contributed by atoms with van der Waals surface area (Å²) in [4.78, 5) is 25.1. The van der Waals surface area contributed by atoms with E-state index in [9.17, 15) is 23.2 Å². The van der Waals surface area contributed by atoms with E-state index in [1.165, 1.54) is 6.33 Å². The molecule has 0 spiro atoms. The van der Waals surface area contributed by atoms with Gasteiger partial charge in [0.05, 0.1) is 18.4 Å². The van der Waals surface area contributed by atoms with Crippen molar-refractivity contribution in [2.24, 2.45) is 17.6 Å². The zero-order valence-electron chi connectivity index (χ0n) is 20.4. The summed E-state index contributed by atoms with van der Waals surface area (Å²) in [5.74, 6) is 1.01. The van der Waals surface area contributed by atoms with Gasteiger partial charge >= 0.3 is 6.18 Å². The van der Waals surface area contributed by atoms with Crippen molar-refractivity contribution in [3.8, 4) is 6.07 Å². The lowest BCUT2D eigenvalue weighted by Gasteiger charge is -2.40. The number of aromatic nitrogens is 2. The molecule has 2 aliphatic heterocycles. The molecule has 3 atom stereocenters. The lowest BCUT2D eigenvalue weighted by atomic mass is 9.78. The Kier molecular flexibility index (Phi) is 7.27. The molecule has 4 heterocycles. The Bertz CT molecular complexity index is 1220. The van der Waals surface area contributed by atoms with Crippen molar-refractivity contribution in [1.82, 2.24) is 19.8 Å². The summed E-state index contributed by atoms with van der Waals surface area (Å²) in [7, 11) is 0. The number of hydrogen-bond donors (Lipinski definition) is 2. The predicted octanol–water partition coefficient (Wildman–Crippen LogP) is 3.67. The molecule has 3 aliphatic rings. The molecule has 0 radical (unpaired) electrons. The van der Waals surface area contributed by atoms with Crippen LogP contribution in [0.15, 0.2) is 24.2 Å². The summed E-state index contributed by atoms with van der Waals surface area (Å²) in [6, 6.07) is 4.17. The van der Waals surface area contributed by atoms with Crippen molar-refractivity contribution in [3.05, 3.63) is 29.0 Å². The van der Waals surface area contributed by atoms with Crippen LogP contribution < -0.4 is 11.1 Å². The van der Waals surface area contributed by atoms with E-state index in [1.54, 1.807) is 6.07 Å². The summed E-state index contributed by atoms with van der Waals surface area (Å²) in [5.41, 5.74) is 5.96. The molecule has 1 amide bonds. The molecule has 3 N–H and O–H groups in total. The number of anilines is 1. The zero-order valence-corrected chi connectivity index (χ0v) is 21.2. The monoisotopic (exact) mass is 533 g/mol. The first-order valence-electron chi connectivity index (χ1n) is 12.6. The van der Waals surface area contributed by atoms with Gasteiger partial charge in [-0.3, -0.25) is 4.79 Å². The van der Waals surface area contributed by atoms with Crippen LogP contribution in [0.25, 0.3) is 10.2 Å². The topological polar surface area (TPSA) is 111 Å². The maximum Gasteiger partial charge on any atom is 0.393 e. The third-order valence-electron chi connectivity index (χ3n) is 7.69. The minimum atomic E-state index is -4.25. The molecule has 2 fully saturated rings. The number of carbonyl (C=O) groups is 1. The molecule has 1 saturated carbocycles.